The zero-order valence-corrected chi connectivity index (χ0v) is 10.7. The van der Waals surface area contributed by atoms with Gasteiger partial charge >= 0.3 is 11.9 Å². The summed E-state index contributed by atoms with van der Waals surface area (Å²) in [5, 5.41) is 0. The first-order chi connectivity index (χ1) is 7.73. The second-order valence-corrected chi connectivity index (χ2v) is 4.93. The molecule has 0 fully saturated rings. The highest BCUT2D eigenvalue weighted by atomic mass is 19.1. The van der Waals surface area contributed by atoms with Gasteiger partial charge in [-0.1, -0.05) is 27.7 Å². The Bertz CT molecular complexity index is 238. The molecule has 0 N–H and O–H groups in total. The highest BCUT2D eigenvalue weighted by Gasteiger charge is 2.27. The van der Waals surface area contributed by atoms with Crippen molar-refractivity contribution in [3.8, 4) is 0 Å². The molecule has 0 radical (unpaired) electrons. The monoisotopic (exact) mass is 250 g/mol. The minimum Gasteiger partial charge on any atom is -0.389 e. The SMILES string of the molecule is CC(C)CC(F)C(=O)OC(=O)C(F)CC(C)C. The molecule has 0 saturated carbocycles. The van der Waals surface area contributed by atoms with Gasteiger partial charge in [0.2, 0.25) is 0 Å². The van der Waals surface area contributed by atoms with Crippen LogP contribution in [0.15, 0.2) is 0 Å². The predicted octanol–water partition coefficient (Wildman–Crippen LogP) is 2.82. The molecule has 5 heteroatoms. The van der Waals surface area contributed by atoms with Gasteiger partial charge in [0, 0.05) is 0 Å². The maximum absolute atomic E-state index is 13.2. The molecule has 0 aromatic rings. The number of halogens is 2. The molecule has 100 valence electrons. The second kappa shape index (κ2) is 7.35. The van der Waals surface area contributed by atoms with Gasteiger partial charge in [0.15, 0.2) is 12.3 Å². The van der Waals surface area contributed by atoms with E-state index in [1.807, 2.05) is 0 Å². The highest BCUT2D eigenvalue weighted by molar-refractivity contribution is 5.89. The fourth-order valence-corrected chi connectivity index (χ4v) is 1.25. The minimum atomic E-state index is -1.87. The van der Waals surface area contributed by atoms with Gasteiger partial charge in [-0.2, -0.15) is 0 Å². The molecule has 2 atom stereocenters. The van der Waals surface area contributed by atoms with Gasteiger partial charge in [-0.3, -0.25) is 0 Å². The molecule has 0 aliphatic rings. The second-order valence-electron chi connectivity index (χ2n) is 4.93. The van der Waals surface area contributed by atoms with Crippen LogP contribution in [-0.2, 0) is 14.3 Å². The topological polar surface area (TPSA) is 43.4 Å². The Hall–Kier alpha value is -1.00. The Morgan fingerprint density at radius 1 is 0.882 bits per heavy atom. The summed E-state index contributed by atoms with van der Waals surface area (Å²) in [6.45, 7) is 6.94. The van der Waals surface area contributed by atoms with Crippen molar-refractivity contribution in [3.63, 3.8) is 0 Å². The standard InChI is InChI=1S/C12H20F2O3/c1-7(2)5-9(13)11(15)17-12(16)10(14)6-8(3)4/h7-10H,5-6H2,1-4H3. The van der Waals surface area contributed by atoms with Gasteiger partial charge in [-0.15, -0.1) is 0 Å². The van der Waals surface area contributed by atoms with Crippen LogP contribution in [0.3, 0.4) is 0 Å². The first-order valence-corrected chi connectivity index (χ1v) is 5.77. The van der Waals surface area contributed by atoms with Crippen LogP contribution in [0.5, 0.6) is 0 Å². The van der Waals surface area contributed by atoms with E-state index in [-0.39, 0.29) is 24.7 Å². The van der Waals surface area contributed by atoms with Crippen molar-refractivity contribution in [2.75, 3.05) is 0 Å². The largest absolute Gasteiger partial charge is 0.389 e. The van der Waals surface area contributed by atoms with Crippen LogP contribution in [-0.4, -0.2) is 24.3 Å². The zero-order valence-electron chi connectivity index (χ0n) is 10.7. The number of ether oxygens (including phenoxy) is 1. The molecule has 2 unspecified atom stereocenters. The Labute approximate surface area is 101 Å². The average Bonchev–Trinajstić information content (AvgIpc) is 2.15. The molecule has 0 heterocycles. The lowest BCUT2D eigenvalue weighted by molar-refractivity contribution is -0.167. The summed E-state index contributed by atoms with van der Waals surface area (Å²) in [6.07, 6.45) is -3.81. The quantitative estimate of drug-likeness (QED) is 0.538. The molecule has 3 nitrogen and oxygen atoms in total. The van der Waals surface area contributed by atoms with Crippen molar-refractivity contribution < 1.29 is 23.1 Å². The lowest BCUT2D eigenvalue weighted by Crippen LogP contribution is -2.29. The molecule has 0 bridgehead atoms. The molecule has 0 spiro atoms. The fraction of sp³-hybridized carbons (Fsp3) is 0.833. The molecule has 0 aliphatic heterocycles. The van der Waals surface area contributed by atoms with Crippen LogP contribution >= 0.6 is 0 Å². The first kappa shape index (κ1) is 16.0. The van der Waals surface area contributed by atoms with Crippen LogP contribution in [0.4, 0.5) is 8.78 Å². The van der Waals surface area contributed by atoms with E-state index in [9.17, 15) is 18.4 Å². The van der Waals surface area contributed by atoms with E-state index in [0.717, 1.165) is 0 Å². The molecule has 0 saturated heterocycles. The normalized spacial score (nSPS) is 14.8. The van der Waals surface area contributed by atoms with Crippen LogP contribution < -0.4 is 0 Å². The first-order valence-electron chi connectivity index (χ1n) is 5.77. The molecule has 0 rings (SSSR count). The number of hydrogen-bond acceptors (Lipinski definition) is 3. The Morgan fingerprint density at radius 2 is 1.18 bits per heavy atom. The molecule has 0 aromatic carbocycles. The van der Waals surface area contributed by atoms with E-state index in [2.05, 4.69) is 4.74 Å². The number of hydrogen-bond donors (Lipinski definition) is 0. The minimum absolute atomic E-state index is 0.0345. The summed E-state index contributed by atoms with van der Waals surface area (Å²) in [5.74, 6) is -2.67. The summed E-state index contributed by atoms with van der Waals surface area (Å²) in [6, 6.07) is 0. The van der Waals surface area contributed by atoms with Crippen molar-refractivity contribution in [1.29, 1.82) is 0 Å². The van der Waals surface area contributed by atoms with E-state index in [1.54, 1.807) is 27.7 Å². The van der Waals surface area contributed by atoms with E-state index in [4.69, 9.17) is 0 Å². The van der Waals surface area contributed by atoms with Crippen molar-refractivity contribution in [2.24, 2.45) is 11.8 Å². The smallest absolute Gasteiger partial charge is 0.348 e. The third kappa shape index (κ3) is 7.02. The van der Waals surface area contributed by atoms with E-state index in [1.165, 1.54) is 0 Å². The lowest BCUT2D eigenvalue weighted by Gasteiger charge is -2.12. The zero-order chi connectivity index (χ0) is 13.6. The van der Waals surface area contributed by atoms with Gasteiger partial charge < -0.3 is 4.74 Å². The Morgan fingerprint density at radius 3 is 1.41 bits per heavy atom. The van der Waals surface area contributed by atoms with E-state index < -0.39 is 24.3 Å². The summed E-state index contributed by atoms with van der Waals surface area (Å²) >= 11 is 0. The number of alkyl halides is 2. The molecule has 0 aliphatic carbocycles. The maximum atomic E-state index is 13.2. The third-order valence-corrected chi connectivity index (χ3v) is 2.07. The number of esters is 2. The van der Waals surface area contributed by atoms with Gasteiger partial charge in [-0.25, -0.2) is 18.4 Å². The van der Waals surface area contributed by atoms with Gasteiger partial charge in [-0.05, 0) is 24.7 Å². The lowest BCUT2D eigenvalue weighted by atomic mass is 10.1. The molecular formula is C12H20F2O3. The summed E-state index contributed by atoms with van der Waals surface area (Å²) in [4.78, 5) is 22.2. The molecule has 17 heavy (non-hydrogen) atoms. The van der Waals surface area contributed by atoms with E-state index in [0.29, 0.717) is 0 Å². The summed E-state index contributed by atoms with van der Waals surface area (Å²) in [5.41, 5.74) is 0. The number of carbonyl (C=O) groups excluding carboxylic acids is 2. The van der Waals surface area contributed by atoms with E-state index >= 15 is 0 Å². The van der Waals surface area contributed by atoms with Crippen molar-refractivity contribution in [1.82, 2.24) is 0 Å². The van der Waals surface area contributed by atoms with Gasteiger partial charge in [0.05, 0.1) is 0 Å². The van der Waals surface area contributed by atoms with Crippen LogP contribution in [0, 0.1) is 11.8 Å². The third-order valence-electron chi connectivity index (χ3n) is 2.07. The number of carbonyl (C=O) groups is 2. The van der Waals surface area contributed by atoms with Gasteiger partial charge in [0.25, 0.3) is 0 Å². The average molecular weight is 250 g/mol. The summed E-state index contributed by atoms with van der Waals surface area (Å²) in [7, 11) is 0. The van der Waals surface area contributed by atoms with Gasteiger partial charge in [0.1, 0.15) is 0 Å². The Kier molecular flexibility index (Phi) is 6.92. The highest BCUT2D eigenvalue weighted by Crippen LogP contribution is 2.13. The molecule has 0 amide bonds. The van der Waals surface area contributed by atoms with Crippen LogP contribution in [0.25, 0.3) is 0 Å². The fourth-order valence-electron chi connectivity index (χ4n) is 1.25. The molecule has 0 aromatic heterocycles. The van der Waals surface area contributed by atoms with Crippen molar-refractivity contribution in [2.45, 2.75) is 52.9 Å². The van der Waals surface area contributed by atoms with Crippen LogP contribution in [0.1, 0.15) is 40.5 Å². The van der Waals surface area contributed by atoms with Crippen LogP contribution in [0.2, 0.25) is 0 Å². The van der Waals surface area contributed by atoms with Crippen molar-refractivity contribution >= 4 is 11.9 Å². The van der Waals surface area contributed by atoms with Crippen molar-refractivity contribution in [3.05, 3.63) is 0 Å². The number of rotatable bonds is 6. The Balaban J connectivity index is 4.15. The summed E-state index contributed by atoms with van der Waals surface area (Å²) < 4.78 is 30.5. The molecular weight excluding hydrogens is 230 g/mol. The maximum Gasteiger partial charge on any atom is 0.348 e. The predicted molar refractivity (Wildman–Crippen MR) is 59.8 cm³/mol.